The molecule has 0 saturated carbocycles. The average molecular weight is 342 g/mol. The maximum Gasteiger partial charge on any atom is 0.407 e. The average Bonchev–Trinajstić information content (AvgIpc) is 2.96. The van der Waals surface area contributed by atoms with Crippen LogP contribution in [0.5, 0.6) is 0 Å². The molecule has 2 amide bonds. The minimum absolute atomic E-state index is 0.0805. The van der Waals surface area contributed by atoms with Crippen LogP contribution in [0, 0.1) is 11.8 Å². The van der Waals surface area contributed by atoms with Crippen LogP contribution in [-0.2, 0) is 14.3 Å². The number of alkyl carbamates (subject to hydrolysis) is 1. The van der Waals surface area contributed by atoms with Crippen molar-refractivity contribution in [2.45, 2.75) is 39.3 Å². The second kappa shape index (κ2) is 9.46. The maximum absolute atomic E-state index is 13.0. The van der Waals surface area contributed by atoms with Crippen LogP contribution in [0.25, 0.3) is 0 Å². The van der Waals surface area contributed by atoms with Crippen molar-refractivity contribution in [1.29, 1.82) is 0 Å². The molecule has 0 aromatic carbocycles. The van der Waals surface area contributed by atoms with Crippen LogP contribution in [0.4, 0.5) is 4.79 Å². The first-order valence-electron chi connectivity index (χ1n) is 8.29. The summed E-state index contributed by atoms with van der Waals surface area (Å²) in [6.07, 6.45) is 0.0826. The predicted octanol–water partition coefficient (Wildman–Crippen LogP) is 0.608. The van der Waals surface area contributed by atoms with Gasteiger partial charge >= 0.3 is 6.09 Å². The Bertz CT molecular complexity index is 467. The molecular weight excluding hydrogens is 312 g/mol. The Balaban J connectivity index is 3.00. The molecule has 0 radical (unpaired) electrons. The number of ether oxygens (including phenoxy) is 2. The van der Waals surface area contributed by atoms with E-state index < -0.39 is 12.1 Å². The van der Waals surface area contributed by atoms with E-state index in [4.69, 9.17) is 10.5 Å². The highest BCUT2D eigenvalue weighted by molar-refractivity contribution is 5.93. The molecule has 24 heavy (non-hydrogen) atoms. The number of methoxy groups -OCH3 is 2. The first kappa shape index (κ1) is 20.2. The quantitative estimate of drug-likeness (QED) is 0.521. The molecule has 1 fully saturated rings. The minimum Gasteiger partial charge on any atom is -0.453 e. The zero-order valence-electron chi connectivity index (χ0n) is 15.2. The number of amides is 2. The molecule has 3 N–H and O–H groups in total. The summed E-state index contributed by atoms with van der Waals surface area (Å²) in [5, 5.41) is 2.62. The number of amidine groups is 1. The lowest BCUT2D eigenvalue weighted by Crippen LogP contribution is -2.54. The Morgan fingerprint density at radius 2 is 2.04 bits per heavy atom. The van der Waals surface area contributed by atoms with Gasteiger partial charge in [0.05, 0.1) is 19.8 Å². The highest BCUT2D eigenvalue weighted by Crippen LogP contribution is 2.25. The van der Waals surface area contributed by atoms with Crippen molar-refractivity contribution in [3.63, 3.8) is 0 Å². The zero-order valence-corrected chi connectivity index (χ0v) is 15.2. The van der Waals surface area contributed by atoms with Gasteiger partial charge < -0.3 is 25.4 Å². The van der Waals surface area contributed by atoms with Gasteiger partial charge in [-0.3, -0.25) is 9.79 Å². The van der Waals surface area contributed by atoms with Crippen molar-refractivity contribution >= 4 is 17.8 Å². The number of hydrogen-bond donors (Lipinski definition) is 2. The maximum atomic E-state index is 13.0. The van der Waals surface area contributed by atoms with Gasteiger partial charge in [0, 0.05) is 26.1 Å². The van der Waals surface area contributed by atoms with E-state index >= 15 is 0 Å². The van der Waals surface area contributed by atoms with Crippen LogP contribution in [0.2, 0.25) is 0 Å². The van der Waals surface area contributed by atoms with Crippen molar-refractivity contribution in [1.82, 2.24) is 10.2 Å². The fourth-order valence-corrected chi connectivity index (χ4v) is 2.97. The van der Waals surface area contributed by atoms with Gasteiger partial charge in [-0.2, -0.15) is 0 Å². The number of aliphatic imine (C=N–C) groups is 1. The summed E-state index contributed by atoms with van der Waals surface area (Å²) in [7, 11) is 2.91. The highest BCUT2D eigenvalue weighted by atomic mass is 16.5. The SMILES string of the molecule is CCN=C(N)[C@@H]1C[C@H](COC)CN1C(=O)[C@@H](NC(=O)OC)C(C)C. The van der Waals surface area contributed by atoms with E-state index in [2.05, 4.69) is 15.0 Å². The molecule has 1 aliphatic rings. The predicted molar refractivity (Wildman–Crippen MR) is 91.8 cm³/mol. The van der Waals surface area contributed by atoms with E-state index in [1.54, 1.807) is 12.0 Å². The zero-order chi connectivity index (χ0) is 18.3. The fraction of sp³-hybridized carbons (Fsp3) is 0.812. The lowest BCUT2D eigenvalue weighted by Gasteiger charge is -2.30. The summed E-state index contributed by atoms with van der Waals surface area (Å²) >= 11 is 0. The summed E-state index contributed by atoms with van der Waals surface area (Å²) < 4.78 is 9.85. The lowest BCUT2D eigenvalue weighted by molar-refractivity contribution is -0.134. The van der Waals surface area contributed by atoms with Crippen LogP contribution in [0.1, 0.15) is 27.2 Å². The molecule has 1 rings (SSSR count). The Morgan fingerprint density at radius 1 is 1.38 bits per heavy atom. The number of nitrogens with one attached hydrogen (secondary N) is 1. The van der Waals surface area contributed by atoms with E-state index in [1.165, 1.54) is 7.11 Å². The summed E-state index contributed by atoms with van der Waals surface area (Å²) in [6, 6.07) is -0.936. The fourth-order valence-electron chi connectivity index (χ4n) is 2.97. The molecule has 0 aliphatic carbocycles. The summed E-state index contributed by atoms with van der Waals surface area (Å²) in [6.45, 7) is 7.29. The Morgan fingerprint density at radius 3 is 2.54 bits per heavy atom. The molecule has 0 spiro atoms. The molecule has 3 atom stereocenters. The second-order valence-corrected chi connectivity index (χ2v) is 6.32. The van der Waals surface area contributed by atoms with Crippen molar-refractivity contribution < 1.29 is 19.1 Å². The number of carbonyl (C=O) groups excluding carboxylic acids is 2. The normalized spacial score (nSPS) is 22.6. The smallest absolute Gasteiger partial charge is 0.407 e. The van der Waals surface area contributed by atoms with Gasteiger partial charge in [-0.1, -0.05) is 13.8 Å². The topological polar surface area (TPSA) is 106 Å². The van der Waals surface area contributed by atoms with E-state index in [1.807, 2.05) is 20.8 Å². The Labute approximate surface area is 143 Å². The molecule has 8 nitrogen and oxygen atoms in total. The molecule has 0 unspecified atom stereocenters. The van der Waals surface area contributed by atoms with Crippen molar-refractivity contribution in [2.24, 2.45) is 22.6 Å². The number of rotatable bonds is 7. The van der Waals surface area contributed by atoms with Crippen LogP contribution in [-0.4, -0.2) is 68.7 Å². The molecule has 0 aromatic rings. The lowest BCUT2D eigenvalue weighted by atomic mass is 10.0. The number of nitrogens with zero attached hydrogens (tertiary/aromatic N) is 2. The number of carbonyl (C=O) groups is 2. The van der Waals surface area contributed by atoms with Crippen molar-refractivity contribution in [3.8, 4) is 0 Å². The number of likely N-dealkylation sites (tertiary alicyclic amines) is 1. The summed E-state index contributed by atoms with van der Waals surface area (Å²) in [4.78, 5) is 30.5. The molecule has 1 aliphatic heterocycles. The molecular formula is C16H30N4O4. The van der Waals surface area contributed by atoms with Gasteiger partial charge in [-0.25, -0.2) is 4.79 Å². The molecule has 0 bridgehead atoms. The van der Waals surface area contributed by atoms with Gasteiger partial charge in [-0.15, -0.1) is 0 Å². The molecule has 1 heterocycles. The first-order valence-corrected chi connectivity index (χ1v) is 8.29. The third-order valence-corrected chi connectivity index (χ3v) is 4.15. The largest absolute Gasteiger partial charge is 0.453 e. The monoisotopic (exact) mass is 342 g/mol. The van der Waals surface area contributed by atoms with Crippen molar-refractivity contribution in [2.75, 3.05) is 33.9 Å². The van der Waals surface area contributed by atoms with Gasteiger partial charge in [0.15, 0.2) is 0 Å². The van der Waals surface area contributed by atoms with Crippen LogP contribution >= 0.6 is 0 Å². The van der Waals surface area contributed by atoms with Crippen LogP contribution in [0.3, 0.4) is 0 Å². The second-order valence-electron chi connectivity index (χ2n) is 6.32. The molecule has 1 saturated heterocycles. The molecule has 8 heteroatoms. The van der Waals surface area contributed by atoms with Gasteiger partial charge in [-0.05, 0) is 19.3 Å². The first-order chi connectivity index (χ1) is 11.3. The van der Waals surface area contributed by atoms with E-state index in [0.717, 1.165) is 0 Å². The summed E-state index contributed by atoms with van der Waals surface area (Å²) in [5.41, 5.74) is 6.08. The standard InChI is InChI=1S/C16H30N4O4/c1-6-18-14(17)12-7-11(9-23-4)8-20(12)15(21)13(10(2)3)19-16(22)24-5/h10-13H,6-9H2,1-5H3,(H2,17,18)(H,19,22)/t11-,12-,13-/m0/s1. The third kappa shape index (κ3) is 5.09. The van der Waals surface area contributed by atoms with E-state index in [-0.39, 0.29) is 23.8 Å². The van der Waals surface area contributed by atoms with Gasteiger partial charge in [0.2, 0.25) is 5.91 Å². The van der Waals surface area contributed by atoms with Gasteiger partial charge in [0.1, 0.15) is 11.9 Å². The van der Waals surface area contributed by atoms with E-state index in [9.17, 15) is 9.59 Å². The molecule has 138 valence electrons. The number of nitrogens with two attached hydrogens (primary N) is 1. The molecule has 0 aromatic heterocycles. The third-order valence-electron chi connectivity index (χ3n) is 4.15. The summed E-state index contributed by atoms with van der Waals surface area (Å²) in [5.74, 6) is 0.391. The Kier molecular flexibility index (Phi) is 7.97. The van der Waals surface area contributed by atoms with Crippen LogP contribution < -0.4 is 11.1 Å². The Hall–Kier alpha value is -1.83. The van der Waals surface area contributed by atoms with Gasteiger partial charge in [0.25, 0.3) is 0 Å². The van der Waals surface area contributed by atoms with Crippen molar-refractivity contribution in [3.05, 3.63) is 0 Å². The minimum atomic E-state index is -0.671. The number of hydrogen-bond acceptors (Lipinski definition) is 5. The van der Waals surface area contributed by atoms with E-state index in [0.29, 0.717) is 32.0 Å². The highest BCUT2D eigenvalue weighted by Gasteiger charge is 2.41. The van der Waals surface area contributed by atoms with Crippen LogP contribution in [0.15, 0.2) is 4.99 Å².